The summed E-state index contributed by atoms with van der Waals surface area (Å²) in [6.07, 6.45) is 0.0621. The van der Waals surface area contributed by atoms with Crippen LogP contribution in [0, 0.1) is 6.92 Å². The van der Waals surface area contributed by atoms with Crippen LogP contribution in [0.5, 0.6) is 5.75 Å². The van der Waals surface area contributed by atoms with E-state index < -0.39 is 11.6 Å². The average Bonchev–Trinajstić information content (AvgIpc) is 2.41. The Labute approximate surface area is 114 Å². The standard InChI is InChI=1S/C15H23NO3/c1-5-15(4,10-17)16-14(18)12(3)19-13-8-6-11(2)7-9-13/h6-9,12,17H,5,10H2,1-4H3,(H,16,18). The number of amides is 1. The van der Waals surface area contributed by atoms with Crippen molar-refractivity contribution in [2.45, 2.75) is 45.8 Å². The molecule has 0 aliphatic heterocycles. The molecule has 106 valence electrons. The Bertz CT molecular complexity index is 410. The Balaban J connectivity index is 2.60. The Morgan fingerprint density at radius 1 is 1.42 bits per heavy atom. The van der Waals surface area contributed by atoms with E-state index in [1.807, 2.05) is 45.0 Å². The summed E-state index contributed by atoms with van der Waals surface area (Å²) in [7, 11) is 0. The van der Waals surface area contributed by atoms with Crippen molar-refractivity contribution in [2.75, 3.05) is 6.61 Å². The molecule has 19 heavy (non-hydrogen) atoms. The van der Waals surface area contributed by atoms with Gasteiger partial charge in [0.25, 0.3) is 5.91 Å². The van der Waals surface area contributed by atoms with Crippen LogP contribution in [0.2, 0.25) is 0 Å². The molecule has 0 bridgehead atoms. The Morgan fingerprint density at radius 3 is 2.47 bits per heavy atom. The van der Waals surface area contributed by atoms with E-state index in [4.69, 9.17) is 4.74 Å². The van der Waals surface area contributed by atoms with Gasteiger partial charge in [-0.05, 0) is 39.3 Å². The molecule has 1 aromatic rings. The summed E-state index contributed by atoms with van der Waals surface area (Å²) in [5, 5.41) is 12.1. The van der Waals surface area contributed by atoms with Crippen LogP contribution in [-0.2, 0) is 4.79 Å². The van der Waals surface area contributed by atoms with Gasteiger partial charge in [-0.1, -0.05) is 24.6 Å². The van der Waals surface area contributed by atoms with Crippen LogP contribution in [0.25, 0.3) is 0 Å². The molecule has 2 atom stereocenters. The largest absolute Gasteiger partial charge is 0.481 e. The van der Waals surface area contributed by atoms with E-state index in [2.05, 4.69) is 5.32 Å². The van der Waals surface area contributed by atoms with Crippen LogP contribution in [0.1, 0.15) is 32.8 Å². The molecule has 0 aromatic heterocycles. The van der Waals surface area contributed by atoms with Crippen LogP contribution in [0.3, 0.4) is 0 Å². The molecular weight excluding hydrogens is 242 g/mol. The quantitative estimate of drug-likeness (QED) is 0.827. The highest BCUT2D eigenvalue weighted by atomic mass is 16.5. The predicted molar refractivity (Wildman–Crippen MR) is 75.2 cm³/mol. The number of aliphatic hydroxyl groups is 1. The minimum absolute atomic E-state index is 0.0908. The van der Waals surface area contributed by atoms with Gasteiger partial charge in [-0.25, -0.2) is 0 Å². The summed E-state index contributed by atoms with van der Waals surface area (Å²) in [4.78, 5) is 12.0. The fraction of sp³-hybridized carbons (Fsp3) is 0.533. The van der Waals surface area contributed by atoms with Crippen molar-refractivity contribution in [2.24, 2.45) is 0 Å². The fourth-order valence-electron chi connectivity index (χ4n) is 1.51. The first kappa shape index (κ1) is 15.5. The summed E-state index contributed by atoms with van der Waals surface area (Å²) >= 11 is 0. The summed E-state index contributed by atoms with van der Waals surface area (Å²) in [5.74, 6) is 0.439. The maximum atomic E-state index is 12.0. The first-order chi connectivity index (χ1) is 8.90. The normalized spacial score (nSPS) is 15.4. The first-order valence-electron chi connectivity index (χ1n) is 6.56. The molecule has 0 spiro atoms. The van der Waals surface area contributed by atoms with Gasteiger partial charge in [0.1, 0.15) is 5.75 Å². The van der Waals surface area contributed by atoms with Crippen molar-refractivity contribution < 1.29 is 14.6 Å². The highest BCUT2D eigenvalue weighted by Gasteiger charge is 2.26. The van der Waals surface area contributed by atoms with Gasteiger partial charge in [-0.2, -0.15) is 0 Å². The smallest absolute Gasteiger partial charge is 0.261 e. The molecular formula is C15H23NO3. The van der Waals surface area contributed by atoms with Crippen LogP contribution in [0.15, 0.2) is 24.3 Å². The monoisotopic (exact) mass is 265 g/mol. The Kier molecular flexibility index (Phi) is 5.36. The zero-order chi connectivity index (χ0) is 14.5. The minimum Gasteiger partial charge on any atom is -0.481 e. The predicted octanol–water partition coefficient (Wildman–Crippen LogP) is 2.04. The number of ether oxygens (including phenoxy) is 1. The van der Waals surface area contributed by atoms with Crippen molar-refractivity contribution in [3.05, 3.63) is 29.8 Å². The number of aliphatic hydroxyl groups excluding tert-OH is 1. The van der Waals surface area contributed by atoms with Gasteiger partial charge in [0.05, 0.1) is 12.1 Å². The molecule has 1 rings (SSSR count). The lowest BCUT2D eigenvalue weighted by atomic mass is 10.00. The lowest BCUT2D eigenvalue weighted by Crippen LogP contribution is -2.52. The molecule has 1 amide bonds. The van der Waals surface area contributed by atoms with Gasteiger partial charge >= 0.3 is 0 Å². The zero-order valence-electron chi connectivity index (χ0n) is 12.1. The van der Waals surface area contributed by atoms with Crippen molar-refractivity contribution in [1.82, 2.24) is 5.32 Å². The van der Waals surface area contributed by atoms with E-state index in [0.717, 1.165) is 5.56 Å². The van der Waals surface area contributed by atoms with Gasteiger partial charge in [0.2, 0.25) is 0 Å². The molecule has 0 saturated carbocycles. The van der Waals surface area contributed by atoms with Crippen LogP contribution in [0.4, 0.5) is 0 Å². The molecule has 0 fully saturated rings. The second-order valence-electron chi connectivity index (χ2n) is 5.13. The van der Waals surface area contributed by atoms with Crippen molar-refractivity contribution in [1.29, 1.82) is 0 Å². The number of rotatable bonds is 6. The third-order valence-electron chi connectivity index (χ3n) is 3.26. The van der Waals surface area contributed by atoms with Crippen LogP contribution in [-0.4, -0.2) is 29.3 Å². The fourth-order valence-corrected chi connectivity index (χ4v) is 1.51. The van der Waals surface area contributed by atoms with Gasteiger partial charge in [0.15, 0.2) is 6.10 Å². The van der Waals surface area contributed by atoms with Gasteiger partial charge in [0, 0.05) is 0 Å². The molecule has 4 nitrogen and oxygen atoms in total. The first-order valence-corrected chi connectivity index (χ1v) is 6.56. The molecule has 0 radical (unpaired) electrons. The number of carbonyl (C=O) groups excluding carboxylic acids is 1. The maximum Gasteiger partial charge on any atom is 0.261 e. The van der Waals surface area contributed by atoms with E-state index in [9.17, 15) is 9.90 Å². The molecule has 0 aliphatic rings. The molecule has 4 heteroatoms. The Morgan fingerprint density at radius 2 is 2.00 bits per heavy atom. The highest BCUT2D eigenvalue weighted by molar-refractivity contribution is 5.81. The highest BCUT2D eigenvalue weighted by Crippen LogP contribution is 2.14. The number of aryl methyl sites for hydroxylation is 1. The average molecular weight is 265 g/mol. The Hall–Kier alpha value is -1.55. The molecule has 0 saturated heterocycles. The summed E-state index contributed by atoms with van der Waals surface area (Å²) in [6, 6.07) is 7.54. The van der Waals surface area contributed by atoms with Crippen LogP contribution < -0.4 is 10.1 Å². The number of hydrogen-bond acceptors (Lipinski definition) is 3. The molecule has 0 heterocycles. The van der Waals surface area contributed by atoms with Gasteiger partial charge in [-0.3, -0.25) is 4.79 Å². The third kappa shape index (κ3) is 4.56. The minimum atomic E-state index is -0.597. The summed E-state index contributed by atoms with van der Waals surface area (Å²) in [5.41, 5.74) is 0.547. The van der Waals surface area contributed by atoms with Crippen molar-refractivity contribution in [3.63, 3.8) is 0 Å². The molecule has 1 aromatic carbocycles. The van der Waals surface area contributed by atoms with Crippen molar-refractivity contribution >= 4 is 5.91 Å². The molecule has 2 N–H and O–H groups in total. The van der Waals surface area contributed by atoms with Gasteiger partial charge < -0.3 is 15.2 Å². The lowest BCUT2D eigenvalue weighted by molar-refractivity contribution is -0.129. The molecule has 0 aliphatic carbocycles. The lowest BCUT2D eigenvalue weighted by Gasteiger charge is -2.28. The summed E-state index contributed by atoms with van der Waals surface area (Å²) < 4.78 is 5.57. The SMILES string of the molecule is CCC(C)(CO)NC(=O)C(C)Oc1ccc(C)cc1. The maximum absolute atomic E-state index is 12.0. The van der Waals surface area contributed by atoms with Crippen LogP contribution >= 0.6 is 0 Å². The second-order valence-corrected chi connectivity index (χ2v) is 5.13. The van der Waals surface area contributed by atoms with Gasteiger partial charge in [-0.15, -0.1) is 0 Å². The zero-order valence-corrected chi connectivity index (χ0v) is 12.1. The van der Waals surface area contributed by atoms with E-state index in [0.29, 0.717) is 12.2 Å². The second kappa shape index (κ2) is 6.57. The van der Waals surface area contributed by atoms with E-state index >= 15 is 0 Å². The van der Waals surface area contributed by atoms with E-state index in [-0.39, 0.29) is 12.5 Å². The van der Waals surface area contributed by atoms with E-state index in [1.165, 1.54) is 0 Å². The van der Waals surface area contributed by atoms with Crippen molar-refractivity contribution in [3.8, 4) is 5.75 Å². The molecule has 2 unspecified atom stereocenters. The summed E-state index contributed by atoms with van der Waals surface area (Å²) in [6.45, 7) is 7.33. The number of benzene rings is 1. The number of carbonyl (C=O) groups is 1. The number of nitrogens with one attached hydrogen (secondary N) is 1. The third-order valence-corrected chi connectivity index (χ3v) is 3.26. The van der Waals surface area contributed by atoms with E-state index in [1.54, 1.807) is 6.92 Å². The topological polar surface area (TPSA) is 58.6 Å². The number of hydrogen-bond donors (Lipinski definition) is 2.